The van der Waals surface area contributed by atoms with Crippen molar-refractivity contribution in [2.45, 2.75) is 26.7 Å². The summed E-state index contributed by atoms with van der Waals surface area (Å²) in [5.41, 5.74) is 9.25. The molecule has 0 amide bonds. The highest BCUT2D eigenvalue weighted by atomic mass is 35.5. The van der Waals surface area contributed by atoms with Crippen LogP contribution in [0, 0.1) is 13.8 Å². The molecular formula is C11H16ClN. The number of benzene rings is 1. The molecule has 1 atom stereocenters. The Morgan fingerprint density at radius 1 is 1.38 bits per heavy atom. The minimum absolute atomic E-state index is 0.341. The van der Waals surface area contributed by atoms with Gasteiger partial charge in [-0.1, -0.05) is 24.6 Å². The third-order valence-electron chi connectivity index (χ3n) is 2.33. The molecule has 0 fully saturated rings. The summed E-state index contributed by atoms with van der Waals surface area (Å²) < 4.78 is 0. The van der Waals surface area contributed by atoms with Crippen molar-refractivity contribution >= 4 is 11.6 Å². The van der Waals surface area contributed by atoms with Crippen LogP contribution in [0.15, 0.2) is 12.1 Å². The topological polar surface area (TPSA) is 26.0 Å². The molecule has 13 heavy (non-hydrogen) atoms. The Balaban J connectivity index is 3.20. The number of nitrogens with two attached hydrogens (primary N) is 1. The molecule has 1 aromatic carbocycles. The molecule has 1 nitrogen and oxygen atoms in total. The first-order valence-electron chi connectivity index (χ1n) is 4.53. The highest BCUT2D eigenvalue weighted by molar-refractivity contribution is 6.31. The van der Waals surface area contributed by atoms with Crippen LogP contribution in [0.5, 0.6) is 0 Å². The van der Waals surface area contributed by atoms with Crippen LogP contribution >= 0.6 is 11.6 Å². The van der Waals surface area contributed by atoms with E-state index in [1.807, 2.05) is 6.07 Å². The zero-order valence-electron chi connectivity index (χ0n) is 8.39. The predicted molar refractivity (Wildman–Crippen MR) is 58.4 cm³/mol. The molecule has 0 saturated heterocycles. The Hall–Kier alpha value is -0.530. The SMILES string of the molecule is Cc1cc(C)c(C(C)CN)c(Cl)c1. The van der Waals surface area contributed by atoms with E-state index in [9.17, 15) is 0 Å². The van der Waals surface area contributed by atoms with E-state index in [0.717, 1.165) is 5.02 Å². The van der Waals surface area contributed by atoms with Gasteiger partial charge in [0.25, 0.3) is 0 Å². The van der Waals surface area contributed by atoms with Crippen molar-refractivity contribution in [1.82, 2.24) is 0 Å². The first-order chi connectivity index (χ1) is 6.06. The van der Waals surface area contributed by atoms with Crippen LogP contribution < -0.4 is 5.73 Å². The average Bonchev–Trinajstić information content (AvgIpc) is 2.02. The summed E-state index contributed by atoms with van der Waals surface area (Å²) >= 11 is 6.15. The lowest BCUT2D eigenvalue weighted by Crippen LogP contribution is -2.10. The van der Waals surface area contributed by atoms with Crippen LogP contribution in [0.4, 0.5) is 0 Å². The first-order valence-corrected chi connectivity index (χ1v) is 4.90. The van der Waals surface area contributed by atoms with Crippen molar-refractivity contribution in [3.8, 4) is 0 Å². The lowest BCUT2D eigenvalue weighted by atomic mass is 9.95. The number of hydrogen-bond donors (Lipinski definition) is 1. The molecule has 1 rings (SSSR count). The van der Waals surface area contributed by atoms with Crippen molar-refractivity contribution in [2.24, 2.45) is 5.73 Å². The van der Waals surface area contributed by atoms with Crippen molar-refractivity contribution < 1.29 is 0 Å². The Labute approximate surface area is 84.9 Å². The van der Waals surface area contributed by atoms with Gasteiger partial charge >= 0.3 is 0 Å². The molecule has 2 N–H and O–H groups in total. The molecule has 0 saturated carbocycles. The summed E-state index contributed by atoms with van der Waals surface area (Å²) in [6.45, 7) is 6.88. The fourth-order valence-corrected chi connectivity index (χ4v) is 2.18. The Kier molecular flexibility index (Phi) is 3.34. The van der Waals surface area contributed by atoms with E-state index in [1.54, 1.807) is 0 Å². The molecule has 0 aromatic heterocycles. The monoisotopic (exact) mass is 197 g/mol. The quantitative estimate of drug-likeness (QED) is 0.775. The highest BCUT2D eigenvalue weighted by Gasteiger charge is 2.11. The fraction of sp³-hybridized carbons (Fsp3) is 0.455. The van der Waals surface area contributed by atoms with Crippen LogP contribution in [-0.2, 0) is 0 Å². The molecule has 0 heterocycles. The summed E-state index contributed by atoms with van der Waals surface area (Å²) in [7, 11) is 0. The van der Waals surface area contributed by atoms with Gasteiger partial charge in [-0.2, -0.15) is 0 Å². The molecule has 1 unspecified atom stereocenters. The van der Waals surface area contributed by atoms with Gasteiger partial charge in [0.05, 0.1) is 0 Å². The second kappa shape index (κ2) is 4.12. The van der Waals surface area contributed by atoms with E-state index in [0.29, 0.717) is 12.5 Å². The zero-order valence-corrected chi connectivity index (χ0v) is 9.15. The maximum atomic E-state index is 6.15. The van der Waals surface area contributed by atoms with Crippen molar-refractivity contribution in [2.75, 3.05) is 6.54 Å². The van der Waals surface area contributed by atoms with Crippen molar-refractivity contribution in [3.63, 3.8) is 0 Å². The second-order valence-electron chi connectivity index (χ2n) is 3.61. The minimum Gasteiger partial charge on any atom is -0.330 e. The van der Waals surface area contributed by atoms with Crippen molar-refractivity contribution in [3.05, 3.63) is 33.8 Å². The Morgan fingerprint density at radius 2 is 2.00 bits per heavy atom. The highest BCUT2D eigenvalue weighted by Crippen LogP contribution is 2.28. The minimum atomic E-state index is 0.341. The summed E-state index contributed by atoms with van der Waals surface area (Å²) in [4.78, 5) is 0. The molecule has 72 valence electrons. The van der Waals surface area contributed by atoms with E-state index in [-0.39, 0.29) is 0 Å². The van der Waals surface area contributed by atoms with Gasteiger partial charge in [-0.05, 0) is 49.1 Å². The maximum absolute atomic E-state index is 6.15. The third-order valence-corrected chi connectivity index (χ3v) is 2.64. The maximum Gasteiger partial charge on any atom is 0.0446 e. The van der Waals surface area contributed by atoms with Gasteiger partial charge < -0.3 is 5.73 Å². The number of rotatable bonds is 2. The smallest absolute Gasteiger partial charge is 0.0446 e. The molecule has 0 aliphatic carbocycles. The van der Waals surface area contributed by atoms with Gasteiger partial charge in [-0.3, -0.25) is 0 Å². The Bertz CT molecular complexity index is 284. The third kappa shape index (κ3) is 2.23. The normalized spacial score (nSPS) is 13.0. The lowest BCUT2D eigenvalue weighted by Gasteiger charge is -2.15. The largest absolute Gasteiger partial charge is 0.330 e. The summed E-state index contributed by atoms with van der Waals surface area (Å²) in [6, 6.07) is 4.14. The number of aryl methyl sites for hydroxylation is 2. The van der Waals surface area contributed by atoms with Gasteiger partial charge in [-0.15, -0.1) is 0 Å². The van der Waals surface area contributed by atoms with Crippen LogP contribution in [-0.4, -0.2) is 6.54 Å². The van der Waals surface area contributed by atoms with Crippen LogP contribution in [0.25, 0.3) is 0 Å². The number of hydrogen-bond acceptors (Lipinski definition) is 1. The summed E-state index contributed by atoms with van der Waals surface area (Å²) in [5.74, 6) is 0.341. The van der Waals surface area contributed by atoms with E-state index in [1.165, 1.54) is 16.7 Å². The lowest BCUT2D eigenvalue weighted by molar-refractivity contribution is 0.768. The predicted octanol–water partition coefficient (Wildman–Crippen LogP) is 3.02. The fourth-order valence-electron chi connectivity index (χ4n) is 1.67. The van der Waals surface area contributed by atoms with Gasteiger partial charge in [0, 0.05) is 5.02 Å². The summed E-state index contributed by atoms with van der Waals surface area (Å²) in [6.07, 6.45) is 0. The Morgan fingerprint density at radius 3 is 2.46 bits per heavy atom. The van der Waals surface area contributed by atoms with Crippen LogP contribution in [0.1, 0.15) is 29.5 Å². The van der Waals surface area contributed by atoms with E-state index < -0.39 is 0 Å². The van der Waals surface area contributed by atoms with Gasteiger partial charge in [-0.25, -0.2) is 0 Å². The first kappa shape index (κ1) is 10.6. The molecule has 0 aliphatic rings. The van der Waals surface area contributed by atoms with Crippen molar-refractivity contribution in [1.29, 1.82) is 0 Å². The molecule has 0 spiro atoms. The van der Waals surface area contributed by atoms with Crippen LogP contribution in [0.3, 0.4) is 0 Å². The molecule has 0 bridgehead atoms. The van der Waals surface area contributed by atoms with E-state index in [4.69, 9.17) is 17.3 Å². The van der Waals surface area contributed by atoms with Gasteiger partial charge in [0.1, 0.15) is 0 Å². The molecule has 0 aliphatic heterocycles. The summed E-state index contributed by atoms with van der Waals surface area (Å²) in [5, 5.41) is 0.843. The van der Waals surface area contributed by atoms with E-state index >= 15 is 0 Å². The molecular weight excluding hydrogens is 182 g/mol. The van der Waals surface area contributed by atoms with Gasteiger partial charge in [0.2, 0.25) is 0 Å². The molecule has 2 heteroatoms. The number of halogens is 1. The average molecular weight is 198 g/mol. The second-order valence-corrected chi connectivity index (χ2v) is 4.02. The standard InChI is InChI=1S/C11H16ClN/c1-7-4-8(2)11(9(3)6-13)10(12)5-7/h4-5,9H,6,13H2,1-3H3. The van der Waals surface area contributed by atoms with Gasteiger partial charge in [0.15, 0.2) is 0 Å². The molecule has 1 aromatic rings. The van der Waals surface area contributed by atoms with E-state index in [2.05, 4.69) is 26.8 Å². The molecule has 0 radical (unpaired) electrons. The van der Waals surface area contributed by atoms with Crippen LogP contribution in [0.2, 0.25) is 5.02 Å². The zero-order chi connectivity index (χ0) is 10.0.